The van der Waals surface area contributed by atoms with Crippen LogP contribution >= 0.6 is 0 Å². The summed E-state index contributed by atoms with van der Waals surface area (Å²) in [5.41, 5.74) is 20.5. The fourth-order valence-corrected chi connectivity index (χ4v) is 11.2. The number of hydrogen-bond acceptors (Lipinski definition) is 1. The van der Waals surface area contributed by atoms with Gasteiger partial charge in [-0.25, -0.2) is 18.3 Å². The lowest BCUT2D eigenvalue weighted by atomic mass is 9.93. The van der Waals surface area contributed by atoms with Crippen LogP contribution in [0.5, 0.6) is 0 Å². The van der Waals surface area contributed by atoms with Gasteiger partial charge in [0, 0.05) is 95.5 Å². The summed E-state index contributed by atoms with van der Waals surface area (Å²) in [4.78, 5) is 0. The van der Waals surface area contributed by atoms with E-state index in [0.29, 0.717) is 38.9 Å². The first kappa shape index (κ1) is 43.7. The predicted octanol–water partition coefficient (Wildman–Crippen LogP) is 18.7. The average molecular weight is 1150 g/mol. The number of aryl methyl sites for hydroxylation is 14. The van der Waals surface area contributed by atoms with Gasteiger partial charge in [0.1, 0.15) is 39.4 Å². The maximum atomic E-state index is 7.97. The van der Waals surface area contributed by atoms with Crippen molar-refractivity contribution in [3.8, 4) is 78.4 Å². The summed E-state index contributed by atoms with van der Waals surface area (Å²) in [6.45, 7) is -1.34. The Morgan fingerprint density at radius 3 is 1.23 bits per heavy atom. The molecule has 0 spiro atoms. The van der Waals surface area contributed by atoms with E-state index < -0.39 is 34.3 Å². The minimum atomic E-state index is -2.24. The lowest BCUT2D eigenvalue weighted by Crippen LogP contribution is -2.31. The fraction of sp³-hybridized carbons (Fsp3) is 0.171. The Morgan fingerprint density at radius 1 is 0.299 bits per heavy atom. The molecule has 0 fully saturated rings. The van der Waals surface area contributed by atoms with Crippen molar-refractivity contribution in [3.05, 3.63) is 299 Å². The van der Waals surface area contributed by atoms with Crippen LogP contribution in [0.1, 0.15) is 76.2 Å². The van der Waals surface area contributed by atoms with Crippen molar-refractivity contribution in [2.75, 3.05) is 0 Å². The fourth-order valence-electron chi connectivity index (χ4n) is 11.2. The van der Waals surface area contributed by atoms with E-state index in [1.807, 2.05) is 197 Å². The Balaban J connectivity index is 0.000000147. The van der Waals surface area contributed by atoms with E-state index in [1.54, 1.807) is 65.8 Å². The second-order valence-electron chi connectivity index (χ2n) is 22.1. The number of aromatic nitrogens is 4. The molecule has 13 aromatic rings. The van der Waals surface area contributed by atoms with Crippen molar-refractivity contribution in [2.24, 2.45) is 28.2 Å². The van der Waals surface area contributed by atoms with Crippen LogP contribution in [0, 0.1) is 68.9 Å². The third-order valence-corrected chi connectivity index (χ3v) is 15.9. The number of para-hydroxylation sites is 1. The monoisotopic (exact) mass is 1150 g/mol. The van der Waals surface area contributed by atoms with Crippen LogP contribution in [-0.2, 0) is 28.2 Å². The predicted molar refractivity (Wildman–Crippen MR) is 363 cm³/mol. The minimum Gasteiger partial charge on any atom is -0.455 e. The molecule has 0 saturated carbocycles. The van der Waals surface area contributed by atoms with Gasteiger partial charge >= 0.3 is 0 Å². The van der Waals surface area contributed by atoms with Crippen LogP contribution in [0.15, 0.2) is 248 Å². The Kier molecular flexibility index (Phi) is 13.4. The van der Waals surface area contributed by atoms with Gasteiger partial charge < -0.3 is 4.42 Å². The molecule has 5 aromatic heterocycles. The lowest BCUT2D eigenvalue weighted by molar-refractivity contribution is -0.660. The Morgan fingerprint density at radius 2 is 0.747 bits per heavy atom. The number of benzene rings is 8. The maximum absolute atomic E-state index is 7.97. The number of rotatable bonds is 7. The second-order valence-corrected chi connectivity index (χ2v) is 22.1. The van der Waals surface area contributed by atoms with Crippen molar-refractivity contribution in [2.45, 2.75) is 68.9 Å². The second kappa shape index (κ2) is 26.6. The van der Waals surface area contributed by atoms with Crippen LogP contribution in [0.4, 0.5) is 0 Å². The smallest absolute Gasteiger partial charge is 0.216 e. The van der Waals surface area contributed by atoms with Crippen molar-refractivity contribution in [3.63, 3.8) is 0 Å². The number of fused-ring (bicyclic) bond motifs is 3. The Bertz CT molecular complexity index is 5190. The first-order valence-electron chi connectivity index (χ1n) is 36.5. The molecular weight excluding hydrogens is 1060 g/mol. The molecule has 8 aromatic carbocycles. The maximum Gasteiger partial charge on any atom is 0.216 e. The van der Waals surface area contributed by atoms with Crippen LogP contribution in [-0.4, -0.2) is 0 Å². The zero-order chi connectivity index (χ0) is 74.0. The van der Waals surface area contributed by atoms with Crippen molar-refractivity contribution in [1.82, 2.24) is 0 Å². The molecule has 0 aliphatic carbocycles. The third kappa shape index (κ3) is 13.3. The highest BCUT2D eigenvalue weighted by Crippen LogP contribution is 2.38. The van der Waals surface area contributed by atoms with Crippen molar-refractivity contribution < 1.29 is 43.2 Å². The summed E-state index contributed by atoms with van der Waals surface area (Å²) < 4.78 is 131. The average Bonchev–Trinajstić information content (AvgIpc) is 1.49. The van der Waals surface area contributed by atoms with Crippen molar-refractivity contribution in [1.29, 1.82) is 0 Å². The lowest BCUT2D eigenvalue weighted by Gasteiger charge is -2.12. The standard InChI is InChI=1S/C22H24N.C21H22N.C20H20N.C19H16NO/c1-15-12-22(23(5)14-18(15)4)21-13-20(16(2)11-17(21)3)19-9-7-6-8-10-19;1-15-10-11-21(22(4)14-15)20-13-19(16(2)12-17(20)3)18-8-6-5-7-9-18;1-15-13-16(2)19(20-11-7-8-12-21(20)3)14-18(15)17-9-5-4-6-10-17;1-13-10-11-15-14-7-3-4-9-17(14)21-19(15)18(13)16-8-5-6-12-20(16)2/h6-14H,1-5H3;5-14H,1-4H3;4-14H,1-3H3;3-12H,1-2H3/q4*+1/i2D3,4D3;1D3,2D3;1D3;. The zero-order valence-electron chi connectivity index (χ0n) is 65.8. The van der Waals surface area contributed by atoms with Gasteiger partial charge in [0.25, 0.3) is 0 Å². The van der Waals surface area contributed by atoms with Gasteiger partial charge in [-0.1, -0.05) is 140 Å². The molecule has 5 nitrogen and oxygen atoms in total. The molecule has 13 rings (SSSR count). The van der Waals surface area contributed by atoms with Crippen LogP contribution in [0.3, 0.4) is 0 Å². The quantitative estimate of drug-likeness (QED) is 0.146. The van der Waals surface area contributed by atoms with E-state index in [1.165, 1.54) is 27.6 Å². The van der Waals surface area contributed by atoms with Crippen LogP contribution in [0.25, 0.3) is 100 Å². The van der Waals surface area contributed by atoms with E-state index in [2.05, 4.69) is 61.1 Å². The Hall–Kier alpha value is -9.84. The van der Waals surface area contributed by atoms with Gasteiger partial charge in [0.2, 0.25) is 22.8 Å². The molecule has 5 heterocycles. The SMILES string of the molecule is Cc1ccc2c(oc3ccccc32)c1-c1cccc[n+]1C.[2H]C([2H])([2H])c1c[n+](C)c(-c2cc(-c3ccccc3)c(C([2H])([2H])[2H])cc2C)cc1C.[2H]C([2H])([2H])c1cc(C)c(-c2cccc[n+]2C)cc1-c1ccccc1.[2H]C([2H])([2H])c1ccc(-c2cc(-c3ccccc3)c(C([2H])([2H])[2H])cc2C)[n+](C)c1. The number of pyridine rings is 4. The molecule has 0 saturated heterocycles. The molecule has 0 bridgehead atoms. The van der Waals surface area contributed by atoms with E-state index in [4.69, 9.17) is 25.0 Å². The van der Waals surface area contributed by atoms with Gasteiger partial charge in [-0.05, 0) is 189 Å². The van der Waals surface area contributed by atoms with E-state index in [-0.39, 0.29) is 5.56 Å². The number of hydrogen-bond donors (Lipinski definition) is 0. The number of nitrogens with zero attached hydrogens (tertiary/aromatic N) is 4. The molecule has 0 amide bonds. The minimum absolute atomic E-state index is 0.263. The van der Waals surface area contributed by atoms with Gasteiger partial charge in [0.05, 0.1) is 5.56 Å². The summed E-state index contributed by atoms with van der Waals surface area (Å²) >= 11 is 0. The van der Waals surface area contributed by atoms with E-state index >= 15 is 0 Å². The van der Waals surface area contributed by atoms with Crippen molar-refractivity contribution >= 4 is 21.9 Å². The molecule has 0 unspecified atom stereocenters. The summed E-state index contributed by atoms with van der Waals surface area (Å²) in [5, 5.41) is 2.35. The molecule has 0 aliphatic heterocycles. The van der Waals surface area contributed by atoms with E-state index in [0.717, 1.165) is 83.9 Å². The molecular formula is C82H82N4O+4. The first-order chi connectivity index (χ1) is 48.0. The van der Waals surface area contributed by atoms with Gasteiger partial charge in [-0.3, -0.25) is 0 Å². The summed E-state index contributed by atoms with van der Waals surface area (Å²) in [6.07, 6.45) is 7.30. The Labute approximate surface area is 537 Å². The van der Waals surface area contributed by atoms with Gasteiger partial charge in [-0.15, -0.1) is 0 Å². The first-order valence-corrected chi connectivity index (χ1v) is 29.0. The molecule has 5 heteroatoms. The van der Waals surface area contributed by atoms with Crippen LogP contribution in [0.2, 0.25) is 0 Å². The molecule has 0 N–H and O–H groups in total. The van der Waals surface area contributed by atoms with Gasteiger partial charge in [0.15, 0.2) is 24.8 Å². The molecule has 0 aliphatic rings. The van der Waals surface area contributed by atoms with Gasteiger partial charge in [-0.2, -0.15) is 0 Å². The highest BCUT2D eigenvalue weighted by atomic mass is 16.3. The third-order valence-electron chi connectivity index (χ3n) is 15.9. The largest absolute Gasteiger partial charge is 0.455 e. The highest BCUT2D eigenvalue weighted by molar-refractivity contribution is 6.09. The normalized spacial score (nSPS) is 14.1. The zero-order valence-corrected chi connectivity index (χ0v) is 50.8. The summed E-state index contributed by atoms with van der Waals surface area (Å²) in [5.74, 6) is 0. The molecule has 0 atom stereocenters. The highest BCUT2D eigenvalue weighted by Gasteiger charge is 2.22. The summed E-state index contributed by atoms with van der Waals surface area (Å²) in [6, 6.07) is 69.6. The topological polar surface area (TPSA) is 28.7 Å². The molecule has 87 heavy (non-hydrogen) atoms. The van der Waals surface area contributed by atoms with E-state index in [9.17, 15) is 0 Å². The number of furan rings is 1. The molecule has 432 valence electrons. The summed E-state index contributed by atoms with van der Waals surface area (Å²) in [7, 11) is 7.66. The molecule has 0 radical (unpaired) electrons. The van der Waals surface area contributed by atoms with Crippen LogP contribution < -0.4 is 18.3 Å².